The lowest BCUT2D eigenvalue weighted by Gasteiger charge is -2.24. The first-order chi connectivity index (χ1) is 14.1. The molecule has 1 amide bonds. The molecule has 1 saturated heterocycles. The highest BCUT2D eigenvalue weighted by Gasteiger charge is 2.48. The number of fused-ring (bicyclic) bond motifs is 1. The summed E-state index contributed by atoms with van der Waals surface area (Å²) in [6.45, 7) is 2.55. The summed E-state index contributed by atoms with van der Waals surface area (Å²) in [7, 11) is -3.16. The summed E-state index contributed by atoms with van der Waals surface area (Å²) in [5.74, 6) is 0.537. The van der Waals surface area contributed by atoms with Crippen LogP contribution in [0.2, 0.25) is 0 Å². The second-order valence-electron chi connectivity index (χ2n) is 6.84. The Labute approximate surface area is 172 Å². The van der Waals surface area contributed by atoms with Crippen molar-refractivity contribution >= 4 is 33.8 Å². The van der Waals surface area contributed by atoms with Crippen molar-refractivity contribution in [1.82, 2.24) is 29.7 Å². The average Bonchev–Trinajstić information content (AvgIpc) is 3.13. The summed E-state index contributed by atoms with van der Waals surface area (Å²) in [6.07, 6.45) is -3.14. The van der Waals surface area contributed by atoms with Gasteiger partial charge in [0.25, 0.3) is 0 Å². The van der Waals surface area contributed by atoms with Gasteiger partial charge in [-0.15, -0.1) is 0 Å². The van der Waals surface area contributed by atoms with Gasteiger partial charge in [0, 0.05) is 19.6 Å². The third-order valence-electron chi connectivity index (χ3n) is 4.69. The fraction of sp³-hybridized carbons (Fsp3) is 0.600. The van der Waals surface area contributed by atoms with E-state index in [0.29, 0.717) is 36.5 Å². The van der Waals surface area contributed by atoms with E-state index in [-0.39, 0.29) is 12.4 Å². The highest BCUT2D eigenvalue weighted by Crippen LogP contribution is 2.35. The summed E-state index contributed by atoms with van der Waals surface area (Å²) in [4.78, 5) is 24.4. The van der Waals surface area contributed by atoms with Gasteiger partial charge in [-0.1, -0.05) is 0 Å². The van der Waals surface area contributed by atoms with Gasteiger partial charge in [-0.05, 0) is 14.0 Å². The van der Waals surface area contributed by atoms with E-state index in [1.54, 1.807) is 18.9 Å². The number of nitrogen functional groups attached to an aromatic ring is 1. The Morgan fingerprint density at radius 3 is 2.87 bits per heavy atom. The van der Waals surface area contributed by atoms with Crippen molar-refractivity contribution < 1.29 is 31.8 Å². The normalized spacial score (nSPS) is 24.6. The fourth-order valence-corrected chi connectivity index (χ4v) is 3.91. The number of aliphatic hydroxyl groups excluding tert-OH is 1. The number of nitrogens with one attached hydrogen (secondary N) is 1. The van der Waals surface area contributed by atoms with Crippen LogP contribution in [0.3, 0.4) is 0 Å². The van der Waals surface area contributed by atoms with Gasteiger partial charge in [0.2, 0.25) is 6.41 Å². The zero-order valence-electron chi connectivity index (χ0n) is 16.2. The van der Waals surface area contributed by atoms with Crippen LogP contribution in [0.15, 0.2) is 6.33 Å². The Bertz CT molecular complexity index is 1010. The number of aliphatic hydroxyl groups is 1. The third kappa shape index (κ3) is 4.66. The van der Waals surface area contributed by atoms with Crippen LogP contribution in [0, 0.1) is 6.92 Å². The first-order valence-electron chi connectivity index (χ1n) is 8.92. The van der Waals surface area contributed by atoms with E-state index < -0.39 is 34.9 Å². The van der Waals surface area contributed by atoms with Gasteiger partial charge in [-0.2, -0.15) is 8.42 Å². The number of nitrogens with zero attached hydrogens (tertiary/aromatic N) is 5. The van der Waals surface area contributed by atoms with Crippen molar-refractivity contribution in [3.8, 4) is 0 Å². The second kappa shape index (κ2) is 8.75. The standard InChI is InChI=1S/C15H23N7O7S/c1-8-20-10-13(16)18-6-19-14(10)22(8)15-11(24)12(29-30(25,26)27)9(28-15)5-21(2)4-3-17-7-23/h6-7,9,11-12,15,24H,3-5H2,1-2H3,(H,17,23)(H2,16,18,19)(H,25,26,27)/t9-,11-,12-,15-/m1/s1. The van der Waals surface area contributed by atoms with Crippen molar-refractivity contribution in [2.24, 2.45) is 0 Å². The molecule has 1 aliphatic heterocycles. The SMILES string of the molecule is Cc1nc2c(N)ncnc2n1[C@@H]1O[C@H](CN(C)CCNC=O)[C@@H](OS(=O)(=O)O)[C@H]1O. The highest BCUT2D eigenvalue weighted by atomic mass is 32.3. The predicted molar refractivity (Wildman–Crippen MR) is 102 cm³/mol. The lowest BCUT2D eigenvalue weighted by atomic mass is 10.1. The topological polar surface area (TPSA) is 195 Å². The highest BCUT2D eigenvalue weighted by molar-refractivity contribution is 7.80. The number of rotatable bonds is 9. The lowest BCUT2D eigenvalue weighted by Crippen LogP contribution is -2.42. The number of likely N-dealkylation sites (N-methyl/N-ethyl adjacent to an activating group) is 1. The minimum absolute atomic E-state index is 0.136. The Kier molecular flexibility index (Phi) is 6.49. The minimum Gasteiger partial charge on any atom is -0.385 e. The van der Waals surface area contributed by atoms with Gasteiger partial charge in [0.1, 0.15) is 30.5 Å². The van der Waals surface area contributed by atoms with Crippen LogP contribution in [-0.4, -0.2) is 93.9 Å². The molecule has 14 nitrogen and oxygen atoms in total. The maximum absolute atomic E-state index is 11.3. The molecule has 0 bridgehead atoms. The van der Waals surface area contributed by atoms with E-state index >= 15 is 0 Å². The molecular formula is C15H23N7O7S. The van der Waals surface area contributed by atoms with Crippen LogP contribution < -0.4 is 11.1 Å². The van der Waals surface area contributed by atoms with Crippen molar-refractivity contribution in [3.63, 3.8) is 0 Å². The summed E-state index contributed by atoms with van der Waals surface area (Å²) in [5, 5.41) is 13.3. The number of aryl methyl sites for hydroxylation is 1. The van der Waals surface area contributed by atoms with Gasteiger partial charge in [0.15, 0.2) is 23.2 Å². The molecule has 2 aromatic rings. The molecule has 1 fully saturated rings. The number of carbonyl (C=O) groups excluding carboxylic acids is 1. The van der Waals surface area contributed by atoms with Crippen LogP contribution >= 0.6 is 0 Å². The van der Waals surface area contributed by atoms with Gasteiger partial charge >= 0.3 is 10.4 Å². The van der Waals surface area contributed by atoms with E-state index in [0.717, 1.165) is 0 Å². The quantitative estimate of drug-likeness (QED) is 0.186. The molecule has 2 aromatic heterocycles. The average molecular weight is 445 g/mol. The van der Waals surface area contributed by atoms with Crippen LogP contribution in [0.1, 0.15) is 12.1 Å². The number of nitrogens with two attached hydrogens (primary N) is 1. The van der Waals surface area contributed by atoms with Gasteiger partial charge < -0.3 is 25.8 Å². The lowest BCUT2D eigenvalue weighted by molar-refractivity contribution is -0.109. The van der Waals surface area contributed by atoms with Crippen molar-refractivity contribution in [3.05, 3.63) is 12.2 Å². The van der Waals surface area contributed by atoms with Crippen molar-refractivity contribution in [1.29, 1.82) is 0 Å². The molecule has 3 heterocycles. The number of carbonyl (C=O) groups is 1. The molecule has 166 valence electrons. The monoisotopic (exact) mass is 445 g/mol. The molecule has 15 heteroatoms. The molecule has 0 saturated carbocycles. The molecule has 0 radical (unpaired) electrons. The number of anilines is 1. The first kappa shape index (κ1) is 22.3. The van der Waals surface area contributed by atoms with Crippen molar-refractivity contribution in [2.45, 2.75) is 31.5 Å². The molecule has 30 heavy (non-hydrogen) atoms. The summed E-state index contributed by atoms with van der Waals surface area (Å²) < 4.78 is 43.9. The largest absolute Gasteiger partial charge is 0.397 e. The number of amides is 1. The molecule has 0 aliphatic carbocycles. The fourth-order valence-electron chi connectivity index (χ4n) is 3.39. The third-order valence-corrected chi connectivity index (χ3v) is 5.16. The Morgan fingerprint density at radius 2 is 2.20 bits per heavy atom. The second-order valence-corrected chi connectivity index (χ2v) is 7.89. The number of aromatic nitrogens is 4. The Morgan fingerprint density at radius 1 is 1.47 bits per heavy atom. The van der Waals surface area contributed by atoms with Crippen LogP contribution in [0.5, 0.6) is 0 Å². The predicted octanol–water partition coefficient (Wildman–Crippen LogP) is -2.16. The van der Waals surface area contributed by atoms with E-state index in [2.05, 4.69) is 20.3 Å². The number of hydrogen-bond acceptors (Lipinski definition) is 11. The van der Waals surface area contributed by atoms with E-state index in [1.165, 1.54) is 10.9 Å². The Balaban J connectivity index is 1.91. The maximum Gasteiger partial charge on any atom is 0.397 e. The van der Waals surface area contributed by atoms with E-state index in [9.17, 15) is 18.3 Å². The zero-order valence-corrected chi connectivity index (χ0v) is 17.1. The first-order valence-corrected chi connectivity index (χ1v) is 10.3. The molecule has 0 unspecified atom stereocenters. The molecular weight excluding hydrogens is 422 g/mol. The smallest absolute Gasteiger partial charge is 0.385 e. The van der Waals surface area contributed by atoms with Crippen LogP contribution in [0.4, 0.5) is 5.82 Å². The van der Waals surface area contributed by atoms with Gasteiger partial charge in [-0.25, -0.2) is 19.1 Å². The van der Waals surface area contributed by atoms with Crippen molar-refractivity contribution in [2.75, 3.05) is 32.4 Å². The number of ether oxygens (including phenoxy) is 1. The minimum atomic E-state index is -4.87. The van der Waals surface area contributed by atoms with Crippen LogP contribution in [-0.2, 0) is 24.1 Å². The summed E-state index contributed by atoms with van der Waals surface area (Å²) in [5.41, 5.74) is 6.42. The summed E-state index contributed by atoms with van der Waals surface area (Å²) in [6, 6.07) is 0. The molecule has 0 spiro atoms. The summed E-state index contributed by atoms with van der Waals surface area (Å²) >= 11 is 0. The molecule has 0 aromatic carbocycles. The Hall–Kier alpha value is -2.43. The van der Waals surface area contributed by atoms with Gasteiger partial charge in [-0.3, -0.25) is 13.9 Å². The molecule has 4 atom stereocenters. The van der Waals surface area contributed by atoms with Crippen LogP contribution in [0.25, 0.3) is 11.2 Å². The maximum atomic E-state index is 11.3. The number of imidazole rings is 1. The molecule has 1 aliphatic rings. The number of hydrogen-bond donors (Lipinski definition) is 4. The molecule has 5 N–H and O–H groups in total. The molecule has 3 rings (SSSR count). The van der Waals surface area contributed by atoms with Gasteiger partial charge in [0.05, 0.1) is 0 Å². The van der Waals surface area contributed by atoms with E-state index in [4.69, 9.17) is 19.2 Å². The zero-order chi connectivity index (χ0) is 22.1. The van der Waals surface area contributed by atoms with E-state index in [1.807, 2.05) is 0 Å².